The molecule has 0 saturated carbocycles. The maximum Gasteiger partial charge on any atom is 0.278 e. The monoisotopic (exact) mass is 335 g/mol. The molecule has 9 heteroatoms. The second-order valence-corrected chi connectivity index (χ2v) is 6.01. The second-order valence-electron chi connectivity index (χ2n) is 4.35. The van der Waals surface area contributed by atoms with Crippen LogP contribution in [0.2, 0.25) is 0 Å². The van der Waals surface area contributed by atoms with Crippen LogP contribution in [0.1, 0.15) is 5.56 Å². The molecule has 0 aliphatic heterocycles. The smallest absolute Gasteiger partial charge is 0.278 e. The van der Waals surface area contributed by atoms with E-state index in [2.05, 4.69) is 5.10 Å². The van der Waals surface area contributed by atoms with Crippen LogP contribution in [0.5, 0.6) is 5.75 Å². The number of methoxy groups -OCH3 is 1. The Kier molecular flexibility index (Phi) is 4.91. The highest BCUT2D eigenvalue weighted by Gasteiger charge is 2.14. The van der Waals surface area contributed by atoms with Gasteiger partial charge in [-0.15, -0.1) is 0 Å². The predicted octanol–water partition coefficient (Wildman–Crippen LogP) is 1.92. The van der Waals surface area contributed by atoms with E-state index < -0.39 is 14.9 Å². The van der Waals surface area contributed by atoms with E-state index in [0.29, 0.717) is 5.75 Å². The molecule has 2 aromatic rings. The number of ether oxygens (including phenoxy) is 1. The molecule has 0 radical (unpaired) electrons. The summed E-state index contributed by atoms with van der Waals surface area (Å²) in [5, 5.41) is 14.6. The number of nitro groups is 1. The van der Waals surface area contributed by atoms with Crippen LogP contribution in [0, 0.1) is 10.1 Å². The molecule has 23 heavy (non-hydrogen) atoms. The molecule has 1 N–H and O–H groups in total. The van der Waals surface area contributed by atoms with Crippen LogP contribution in [0.4, 0.5) is 5.69 Å². The fourth-order valence-corrected chi connectivity index (χ4v) is 2.56. The Morgan fingerprint density at radius 1 is 1.22 bits per heavy atom. The van der Waals surface area contributed by atoms with E-state index >= 15 is 0 Å². The van der Waals surface area contributed by atoms with E-state index in [0.717, 1.165) is 6.21 Å². The lowest BCUT2D eigenvalue weighted by Gasteiger charge is -2.04. The molecule has 0 bridgehead atoms. The molecular weight excluding hydrogens is 322 g/mol. The van der Waals surface area contributed by atoms with Crippen molar-refractivity contribution in [2.75, 3.05) is 7.11 Å². The molecule has 0 heterocycles. The first-order chi connectivity index (χ1) is 10.9. The summed E-state index contributed by atoms with van der Waals surface area (Å²) in [7, 11) is -2.41. The average molecular weight is 335 g/mol. The molecular formula is C14H13N3O5S. The van der Waals surface area contributed by atoms with E-state index in [-0.39, 0.29) is 16.1 Å². The van der Waals surface area contributed by atoms with Crippen LogP contribution in [-0.2, 0) is 10.0 Å². The Hall–Kier alpha value is -2.94. The quantitative estimate of drug-likeness (QED) is 0.492. The molecule has 0 aromatic heterocycles. The van der Waals surface area contributed by atoms with Crippen LogP contribution >= 0.6 is 0 Å². The molecule has 0 amide bonds. The van der Waals surface area contributed by atoms with E-state index in [1.165, 1.54) is 37.4 Å². The molecule has 0 saturated heterocycles. The minimum absolute atomic E-state index is 0.0392. The van der Waals surface area contributed by atoms with Crippen molar-refractivity contribution in [1.82, 2.24) is 4.83 Å². The van der Waals surface area contributed by atoms with Gasteiger partial charge in [-0.1, -0.05) is 18.2 Å². The number of benzene rings is 2. The lowest BCUT2D eigenvalue weighted by molar-refractivity contribution is -0.385. The normalized spacial score (nSPS) is 11.3. The zero-order chi connectivity index (χ0) is 16.9. The number of hydrogen-bond donors (Lipinski definition) is 1. The predicted molar refractivity (Wildman–Crippen MR) is 84.0 cm³/mol. The first-order valence-electron chi connectivity index (χ1n) is 6.36. The number of rotatable bonds is 6. The third-order valence-electron chi connectivity index (χ3n) is 2.86. The van der Waals surface area contributed by atoms with Gasteiger partial charge in [0, 0.05) is 6.07 Å². The van der Waals surface area contributed by atoms with Crippen LogP contribution in [0.15, 0.2) is 58.5 Å². The largest absolute Gasteiger partial charge is 0.497 e. The molecule has 0 atom stereocenters. The summed E-state index contributed by atoms with van der Waals surface area (Å²) < 4.78 is 28.9. The zero-order valence-corrected chi connectivity index (χ0v) is 12.9. The Morgan fingerprint density at radius 3 is 2.52 bits per heavy atom. The van der Waals surface area contributed by atoms with Crippen molar-refractivity contribution in [2.24, 2.45) is 5.10 Å². The Morgan fingerprint density at radius 2 is 1.91 bits per heavy atom. The Balaban J connectivity index is 2.25. The molecule has 0 aliphatic rings. The zero-order valence-electron chi connectivity index (χ0n) is 12.0. The number of hydrazone groups is 1. The van der Waals surface area contributed by atoms with Crippen molar-refractivity contribution in [2.45, 2.75) is 4.90 Å². The van der Waals surface area contributed by atoms with E-state index in [1.807, 2.05) is 4.83 Å². The van der Waals surface area contributed by atoms with Gasteiger partial charge in [-0.3, -0.25) is 10.1 Å². The maximum absolute atomic E-state index is 12.0. The third-order valence-corrected chi connectivity index (χ3v) is 4.10. The summed E-state index contributed by atoms with van der Waals surface area (Å²) in [5.41, 5.74) is -0.0985. The SMILES string of the molecule is COc1ccc([N+](=O)[O-])c(C=NNS(=O)(=O)c2ccccc2)c1. The highest BCUT2D eigenvalue weighted by Crippen LogP contribution is 2.22. The molecule has 0 spiro atoms. The first kappa shape index (κ1) is 16.4. The van der Waals surface area contributed by atoms with Gasteiger partial charge in [0.2, 0.25) is 0 Å². The lowest BCUT2D eigenvalue weighted by Crippen LogP contribution is -2.18. The van der Waals surface area contributed by atoms with Gasteiger partial charge in [-0.05, 0) is 24.3 Å². The summed E-state index contributed by atoms with van der Waals surface area (Å²) in [5.74, 6) is 0.392. The fourth-order valence-electron chi connectivity index (χ4n) is 1.75. The number of hydrogen-bond acceptors (Lipinski definition) is 6. The molecule has 2 rings (SSSR count). The molecule has 2 aromatic carbocycles. The first-order valence-corrected chi connectivity index (χ1v) is 7.85. The summed E-state index contributed by atoms with van der Waals surface area (Å²) in [6, 6.07) is 11.7. The number of sulfonamides is 1. The van der Waals surface area contributed by atoms with Gasteiger partial charge in [0.1, 0.15) is 5.75 Å². The van der Waals surface area contributed by atoms with Crippen molar-refractivity contribution in [3.8, 4) is 5.75 Å². The molecule has 8 nitrogen and oxygen atoms in total. The Labute approximate surface area is 132 Å². The lowest BCUT2D eigenvalue weighted by atomic mass is 10.2. The van der Waals surface area contributed by atoms with Gasteiger partial charge in [-0.2, -0.15) is 13.5 Å². The summed E-state index contributed by atoms with van der Waals surface area (Å²) in [6.45, 7) is 0. The van der Waals surface area contributed by atoms with Crippen LogP contribution in [-0.4, -0.2) is 26.7 Å². The van der Waals surface area contributed by atoms with E-state index in [9.17, 15) is 18.5 Å². The summed E-state index contributed by atoms with van der Waals surface area (Å²) in [6.07, 6.45) is 1.06. The minimum Gasteiger partial charge on any atom is -0.497 e. The highest BCUT2D eigenvalue weighted by molar-refractivity contribution is 7.89. The second kappa shape index (κ2) is 6.88. The highest BCUT2D eigenvalue weighted by atomic mass is 32.2. The molecule has 0 fully saturated rings. The maximum atomic E-state index is 12.0. The van der Waals surface area contributed by atoms with Crippen molar-refractivity contribution >= 4 is 21.9 Å². The van der Waals surface area contributed by atoms with Gasteiger partial charge in [0.15, 0.2) is 0 Å². The third kappa shape index (κ3) is 4.04. The number of nitrogens with one attached hydrogen (secondary N) is 1. The van der Waals surface area contributed by atoms with Crippen molar-refractivity contribution < 1.29 is 18.1 Å². The van der Waals surface area contributed by atoms with Gasteiger partial charge in [0.25, 0.3) is 15.7 Å². The van der Waals surface area contributed by atoms with Gasteiger partial charge in [0.05, 0.1) is 28.7 Å². The van der Waals surface area contributed by atoms with Gasteiger partial charge < -0.3 is 4.74 Å². The minimum atomic E-state index is -3.83. The standard InChI is InChI=1S/C14H13N3O5S/c1-22-12-7-8-14(17(18)19)11(9-12)10-15-16-23(20,21)13-5-3-2-4-6-13/h2-10,16H,1H3. The topological polar surface area (TPSA) is 111 Å². The van der Waals surface area contributed by atoms with Crippen molar-refractivity contribution in [3.05, 3.63) is 64.2 Å². The van der Waals surface area contributed by atoms with Crippen molar-refractivity contribution in [1.29, 1.82) is 0 Å². The van der Waals surface area contributed by atoms with Crippen molar-refractivity contribution in [3.63, 3.8) is 0 Å². The fraction of sp³-hybridized carbons (Fsp3) is 0.0714. The van der Waals surface area contributed by atoms with E-state index in [1.54, 1.807) is 18.2 Å². The van der Waals surface area contributed by atoms with Crippen LogP contribution < -0.4 is 9.57 Å². The van der Waals surface area contributed by atoms with Crippen LogP contribution in [0.25, 0.3) is 0 Å². The Bertz CT molecular complexity index is 835. The molecule has 0 aliphatic carbocycles. The van der Waals surface area contributed by atoms with Gasteiger partial charge >= 0.3 is 0 Å². The average Bonchev–Trinajstić information content (AvgIpc) is 2.55. The summed E-state index contributed by atoms with van der Waals surface area (Å²) >= 11 is 0. The molecule has 120 valence electrons. The van der Waals surface area contributed by atoms with Gasteiger partial charge in [-0.25, -0.2) is 4.83 Å². The van der Waals surface area contributed by atoms with Crippen LogP contribution in [0.3, 0.4) is 0 Å². The summed E-state index contributed by atoms with van der Waals surface area (Å²) in [4.78, 5) is 12.4. The van der Waals surface area contributed by atoms with E-state index in [4.69, 9.17) is 4.74 Å². The molecule has 0 unspecified atom stereocenters. The number of nitro benzene ring substituents is 1. The number of nitrogens with zero attached hydrogens (tertiary/aromatic N) is 2.